The van der Waals surface area contributed by atoms with Crippen LogP contribution in [-0.2, 0) is 4.79 Å². The van der Waals surface area contributed by atoms with Crippen LogP contribution in [-0.4, -0.2) is 36.5 Å². The zero-order valence-electron chi connectivity index (χ0n) is 15.0. The zero-order valence-corrected chi connectivity index (χ0v) is 15.0. The van der Waals surface area contributed by atoms with Crippen LogP contribution in [0.1, 0.15) is 32.6 Å². The van der Waals surface area contributed by atoms with Gasteiger partial charge < -0.3 is 15.4 Å². The van der Waals surface area contributed by atoms with Crippen LogP contribution in [0.2, 0.25) is 0 Å². The Morgan fingerprint density at radius 1 is 1.20 bits per heavy atom. The highest BCUT2D eigenvalue weighted by atomic mass is 16.5. The maximum atomic E-state index is 12.3. The number of piperidine rings is 1. The predicted molar refractivity (Wildman–Crippen MR) is 102 cm³/mol. The molecule has 0 radical (unpaired) electrons. The van der Waals surface area contributed by atoms with Gasteiger partial charge in [0.25, 0.3) is 0 Å². The molecule has 1 aliphatic rings. The highest BCUT2D eigenvalue weighted by Gasteiger charge is 2.24. The molecule has 1 unspecified atom stereocenters. The molecule has 134 valence electrons. The highest BCUT2D eigenvalue weighted by Crippen LogP contribution is 2.25. The Hall–Kier alpha value is -2.07. The Labute approximate surface area is 149 Å². The number of ether oxygens (including phenoxy) is 1. The van der Waals surface area contributed by atoms with Crippen LogP contribution in [0, 0.1) is 5.92 Å². The molecule has 1 aliphatic heterocycles. The van der Waals surface area contributed by atoms with E-state index >= 15 is 0 Å². The van der Waals surface area contributed by atoms with E-state index in [0.29, 0.717) is 18.9 Å². The number of amides is 1. The van der Waals surface area contributed by atoms with Crippen molar-refractivity contribution >= 4 is 16.7 Å². The average molecular weight is 340 g/mol. The standard InChI is InChI=1S/C21H28N2O2/c1-16(22)17-11-13-23(14-12-17)21(24)10-5-15-25-20-9-4-7-18-6-2-3-8-19(18)20/h2-4,6-9,16-17H,5,10-15,22H2,1H3. The van der Waals surface area contributed by atoms with Crippen molar-refractivity contribution in [1.82, 2.24) is 4.90 Å². The normalized spacial score (nSPS) is 16.8. The maximum Gasteiger partial charge on any atom is 0.222 e. The fraction of sp³-hybridized carbons (Fsp3) is 0.476. The van der Waals surface area contributed by atoms with Gasteiger partial charge in [0.05, 0.1) is 6.61 Å². The Bertz CT molecular complexity index is 701. The van der Waals surface area contributed by atoms with Crippen molar-refractivity contribution in [2.45, 2.75) is 38.6 Å². The zero-order chi connectivity index (χ0) is 17.6. The summed E-state index contributed by atoms with van der Waals surface area (Å²) in [6.07, 6.45) is 3.34. The van der Waals surface area contributed by atoms with Crippen molar-refractivity contribution in [3.05, 3.63) is 42.5 Å². The second-order valence-corrected chi connectivity index (χ2v) is 7.01. The fourth-order valence-electron chi connectivity index (χ4n) is 3.56. The number of benzene rings is 2. The topological polar surface area (TPSA) is 55.6 Å². The second kappa shape index (κ2) is 8.34. The summed E-state index contributed by atoms with van der Waals surface area (Å²) in [5.41, 5.74) is 5.96. The monoisotopic (exact) mass is 340 g/mol. The van der Waals surface area contributed by atoms with Crippen LogP contribution in [0.25, 0.3) is 10.8 Å². The molecule has 1 fully saturated rings. The largest absolute Gasteiger partial charge is 0.493 e. The van der Waals surface area contributed by atoms with Crippen LogP contribution in [0.5, 0.6) is 5.75 Å². The highest BCUT2D eigenvalue weighted by molar-refractivity contribution is 5.88. The number of likely N-dealkylation sites (tertiary alicyclic amines) is 1. The minimum absolute atomic E-state index is 0.228. The van der Waals surface area contributed by atoms with Crippen molar-refractivity contribution in [2.24, 2.45) is 11.7 Å². The molecule has 1 saturated heterocycles. The molecule has 0 saturated carbocycles. The van der Waals surface area contributed by atoms with E-state index in [4.69, 9.17) is 10.5 Å². The molecule has 1 atom stereocenters. The average Bonchev–Trinajstić information content (AvgIpc) is 2.65. The van der Waals surface area contributed by atoms with Gasteiger partial charge in [-0.2, -0.15) is 0 Å². The van der Waals surface area contributed by atoms with E-state index < -0.39 is 0 Å². The summed E-state index contributed by atoms with van der Waals surface area (Å²) in [6, 6.07) is 14.5. The van der Waals surface area contributed by atoms with E-state index in [-0.39, 0.29) is 11.9 Å². The number of carbonyl (C=O) groups excluding carboxylic acids is 1. The molecule has 4 heteroatoms. The molecule has 0 aliphatic carbocycles. The van der Waals surface area contributed by atoms with Gasteiger partial charge in [0.2, 0.25) is 5.91 Å². The first-order valence-electron chi connectivity index (χ1n) is 9.29. The van der Waals surface area contributed by atoms with Gasteiger partial charge in [-0.3, -0.25) is 4.79 Å². The van der Waals surface area contributed by atoms with Crippen LogP contribution in [0.3, 0.4) is 0 Å². The quantitative estimate of drug-likeness (QED) is 0.818. The minimum atomic E-state index is 0.228. The van der Waals surface area contributed by atoms with Gasteiger partial charge in [-0.1, -0.05) is 36.4 Å². The second-order valence-electron chi connectivity index (χ2n) is 7.01. The molecule has 25 heavy (non-hydrogen) atoms. The summed E-state index contributed by atoms with van der Waals surface area (Å²) in [5.74, 6) is 1.69. The van der Waals surface area contributed by atoms with Crippen molar-refractivity contribution < 1.29 is 9.53 Å². The summed E-state index contributed by atoms with van der Waals surface area (Å²) < 4.78 is 5.92. The van der Waals surface area contributed by atoms with E-state index in [9.17, 15) is 4.79 Å². The lowest BCUT2D eigenvalue weighted by Gasteiger charge is -2.33. The first-order valence-corrected chi connectivity index (χ1v) is 9.29. The maximum absolute atomic E-state index is 12.3. The van der Waals surface area contributed by atoms with Crippen LogP contribution >= 0.6 is 0 Å². The SMILES string of the molecule is CC(N)C1CCN(C(=O)CCCOc2cccc3ccccc23)CC1. The molecule has 0 bridgehead atoms. The molecule has 0 spiro atoms. The molecule has 3 rings (SSSR count). The summed E-state index contributed by atoms with van der Waals surface area (Å²) >= 11 is 0. The van der Waals surface area contributed by atoms with Gasteiger partial charge in [-0.15, -0.1) is 0 Å². The summed E-state index contributed by atoms with van der Waals surface area (Å²) in [4.78, 5) is 14.3. The first-order chi connectivity index (χ1) is 12.1. The molecular formula is C21H28N2O2. The third-order valence-electron chi connectivity index (χ3n) is 5.18. The summed E-state index contributed by atoms with van der Waals surface area (Å²) in [5, 5.41) is 2.29. The summed E-state index contributed by atoms with van der Waals surface area (Å²) in [7, 11) is 0. The molecule has 1 amide bonds. The summed E-state index contributed by atoms with van der Waals surface area (Å²) in [6.45, 7) is 4.31. The van der Waals surface area contributed by atoms with Crippen molar-refractivity contribution in [1.29, 1.82) is 0 Å². The number of fused-ring (bicyclic) bond motifs is 1. The van der Waals surface area contributed by atoms with Gasteiger partial charge >= 0.3 is 0 Å². The van der Waals surface area contributed by atoms with Crippen molar-refractivity contribution in [3.8, 4) is 5.75 Å². The van der Waals surface area contributed by atoms with Gasteiger partial charge in [-0.25, -0.2) is 0 Å². The first kappa shape index (κ1) is 17.7. The van der Waals surface area contributed by atoms with Gasteiger partial charge in [0.1, 0.15) is 5.75 Å². The smallest absolute Gasteiger partial charge is 0.222 e. The molecule has 0 aromatic heterocycles. The molecule has 1 heterocycles. The molecular weight excluding hydrogens is 312 g/mol. The van der Waals surface area contributed by atoms with E-state index in [0.717, 1.165) is 43.5 Å². The molecule has 2 aromatic rings. The van der Waals surface area contributed by atoms with E-state index in [1.807, 2.05) is 29.2 Å². The van der Waals surface area contributed by atoms with Gasteiger partial charge in [0, 0.05) is 30.9 Å². The van der Waals surface area contributed by atoms with E-state index in [2.05, 4.69) is 25.1 Å². The number of carbonyl (C=O) groups is 1. The van der Waals surface area contributed by atoms with Crippen molar-refractivity contribution in [2.75, 3.05) is 19.7 Å². The Morgan fingerprint density at radius 3 is 2.68 bits per heavy atom. The fourth-order valence-corrected chi connectivity index (χ4v) is 3.56. The third-order valence-corrected chi connectivity index (χ3v) is 5.18. The Balaban J connectivity index is 1.43. The van der Waals surface area contributed by atoms with E-state index in [1.54, 1.807) is 0 Å². The van der Waals surface area contributed by atoms with Crippen LogP contribution in [0.15, 0.2) is 42.5 Å². The van der Waals surface area contributed by atoms with Crippen LogP contribution < -0.4 is 10.5 Å². The van der Waals surface area contributed by atoms with E-state index in [1.165, 1.54) is 5.39 Å². The third kappa shape index (κ3) is 4.51. The van der Waals surface area contributed by atoms with Crippen molar-refractivity contribution in [3.63, 3.8) is 0 Å². The molecule has 4 nitrogen and oxygen atoms in total. The number of nitrogens with two attached hydrogens (primary N) is 1. The van der Waals surface area contributed by atoms with Gasteiger partial charge in [-0.05, 0) is 43.6 Å². The number of rotatable bonds is 6. The lowest BCUT2D eigenvalue weighted by Crippen LogP contribution is -2.42. The number of hydrogen-bond acceptors (Lipinski definition) is 3. The molecule has 2 aromatic carbocycles. The number of nitrogens with zero attached hydrogens (tertiary/aromatic N) is 1. The Morgan fingerprint density at radius 2 is 1.92 bits per heavy atom. The van der Waals surface area contributed by atoms with Gasteiger partial charge in [0.15, 0.2) is 0 Å². The lowest BCUT2D eigenvalue weighted by atomic mass is 9.91. The lowest BCUT2D eigenvalue weighted by molar-refractivity contribution is -0.132. The van der Waals surface area contributed by atoms with Crippen LogP contribution in [0.4, 0.5) is 0 Å². The Kier molecular flexibility index (Phi) is 5.92. The number of hydrogen-bond donors (Lipinski definition) is 1. The predicted octanol–water partition coefficient (Wildman–Crippen LogP) is 3.58. The molecule has 2 N–H and O–H groups in total. The minimum Gasteiger partial charge on any atom is -0.493 e.